The van der Waals surface area contributed by atoms with Gasteiger partial charge in [0.25, 0.3) is 0 Å². The Hall–Kier alpha value is -0.340. The Labute approximate surface area is 113 Å². The number of hydrogen-bond acceptors (Lipinski definition) is 2. The average molecular weight is 253 g/mol. The Bertz CT molecular complexity index is 231. The molecule has 0 radical (unpaired) electrons. The first-order valence-electron chi connectivity index (χ1n) is 7.60. The first-order valence-corrected chi connectivity index (χ1v) is 7.60. The lowest BCUT2D eigenvalue weighted by molar-refractivity contribution is -0.0966. The summed E-state index contributed by atoms with van der Waals surface area (Å²) < 4.78 is 6.21. The van der Waals surface area contributed by atoms with Gasteiger partial charge in [-0.05, 0) is 64.8 Å². The van der Waals surface area contributed by atoms with E-state index >= 15 is 0 Å². The molecule has 1 N–H and O–H groups in total. The molecule has 106 valence electrons. The van der Waals surface area contributed by atoms with E-state index in [-0.39, 0.29) is 5.60 Å². The fourth-order valence-corrected chi connectivity index (χ4v) is 3.27. The minimum Gasteiger partial charge on any atom is -0.374 e. The molecule has 0 aromatic heterocycles. The minimum absolute atomic E-state index is 0.0805. The molecule has 1 aliphatic carbocycles. The van der Waals surface area contributed by atoms with Crippen molar-refractivity contribution in [3.63, 3.8) is 0 Å². The number of rotatable bonds is 8. The van der Waals surface area contributed by atoms with Crippen molar-refractivity contribution in [1.82, 2.24) is 5.32 Å². The Balaban J connectivity index is 2.64. The minimum atomic E-state index is 0.0805. The van der Waals surface area contributed by atoms with Crippen molar-refractivity contribution < 1.29 is 4.74 Å². The molecule has 0 heterocycles. The van der Waals surface area contributed by atoms with Gasteiger partial charge in [-0.3, -0.25) is 0 Å². The van der Waals surface area contributed by atoms with E-state index in [1.807, 2.05) is 6.08 Å². The lowest BCUT2D eigenvalue weighted by Gasteiger charge is -2.45. The van der Waals surface area contributed by atoms with Crippen molar-refractivity contribution in [2.24, 2.45) is 5.92 Å². The third-order valence-corrected chi connectivity index (χ3v) is 4.44. The van der Waals surface area contributed by atoms with Gasteiger partial charge < -0.3 is 10.1 Å². The highest BCUT2D eigenvalue weighted by atomic mass is 16.5. The highest BCUT2D eigenvalue weighted by Gasteiger charge is 2.40. The Morgan fingerprint density at radius 1 is 1.44 bits per heavy atom. The van der Waals surface area contributed by atoms with Gasteiger partial charge in [-0.1, -0.05) is 13.0 Å². The van der Waals surface area contributed by atoms with E-state index in [1.165, 1.54) is 38.5 Å². The third kappa shape index (κ3) is 4.10. The van der Waals surface area contributed by atoms with E-state index in [2.05, 4.69) is 32.8 Å². The van der Waals surface area contributed by atoms with Crippen molar-refractivity contribution in [3.05, 3.63) is 12.7 Å². The summed E-state index contributed by atoms with van der Waals surface area (Å²) in [6, 6.07) is 0.491. The van der Waals surface area contributed by atoms with Crippen molar-refractivity contribution in [2.45, 2.75) is 70.4 Å². The Morgan fingerprint density at radius 3 is 2.61 bits per heavy atom. The van der Waals surface area contributed by atoms with Crippen LogP contribution in [-0.4, -0.2) is 25.3 Å². The summed E-state index contributed by atoms with van der Waals surface area (Å²) >= 11 is 0. The molecular weight excluding hydrogens is 222 g/mol. The quantitative estimate of drug-likeness (QED) is 0.523. The average Bonchev–Trinajstić information content (AvgIpc) is 2.38. The summed E-state index contributed by atoms with van der Waals surface area (Å²) in [5.41, 5.74) is 0.0805. The first-order chi connectivity index (χ1) is 8.68. The maximum atomic E-state index is 6.21. The SMILES string of the molecule is C=CCCCC(NC)C1(OCC)CCC(C)CC1. The fraction of sp³-hybridized carbons (Fsp3) is 0.875. The molecule has 0 bridgehead atoms. The molecule has 1 aliphatic rings. The fourth-order valence-electron chi connectivity index (χ4n) is 3.27. The summed E-state index contributed by atoms with van der Waals surface area (Å²) in [5.74, 6) is 0.865. The van der Waals surface area contributed by atoms with E-state index in [0.717, 1.165) is 18.9 Å². The molecule has 2 nitrogen and oxygen atoms in total. The predicted octanol–water partition coefficient (Wildman–Crippen LogP) is 3.92. The topological polar surface area (TPSA) is 21.3 Å². The van der Waals surface area contributed by atoms with Crippen LogP contribution in [0.1, 0.15) is 58.8 Å². The van der Waals surface area contributed by atoms with Crippen molar-refractivity contribution in [2.75, 3.05) is 13.7 Å². The van der Waals surface area contributed by atoms with Crippen LogP contribution in [0.2, 0.25) is 0 Å². The molecule has 1 rings (SSSR count). The van der Waals surface area contributed by atoms with Crippen molar-refractivity contribution >= 4 is 0 Å². The van der Waals surface area contributed by atoms with Crippen molar-refractivity contribution in [1.29, 1.82) is 0 Å². The maximum Gasteiger partial charge on any atom is 0.0834 e. The van der Waals surface area contributed by atoms with Crippen LogP contribution >= 0.6 is 0 Å². The van der Waals surface area contributed by atoms with Gasteiger partial charge in [0.1, 0.15) is 0 Å². The largest absolute Gasteiger partial charge is 0.374 e. The number of nitrogens with one attached hydrogen (secondary N) is 1. The molecule has 0 amide bonds. The number of hydrogen-bond donors (Lipinski definition) is 1. The van der Waals surface area contributed by atoms with Crippen LogP contribution < -0.4 is 5.32 Å². The number of ether oxygens (including phenoxy) is 1. The van der Waals surface area contributed by atoms with Gasteiger partial charge in [0.2, 0.25) is 0 Å². The summed E-state index contributed by atoms with van der Waals surface area (Å²) in [6.45, 7) is 9.12. The molecule has 0 aromatic carbocycles. The number of allylic oxidation sites excluding steroid dienone is 1. The van der Waals surface area contributed by atoms with Crippen LogP contribution in [0.15, 0.2) is 12.7 Å². The zero-order valence-corrected chi connectivity index (χ0v) is 12.5. The maximum absolute atomic E-state index is 6.21. The van der Waals surface area contributed by atoms with Crippen LogP contribution in [0, 0.1) is 5.92 Å². The van der Waals surface area contributed by atoms with E-state index in [9.17, 15) is 0 Å². The second kappa shape index (κ2) is 7.96. The van der Waals surface area contributed by atoms with Crippen LogP contribution in [0.4, 0.5) is 0 Å². The molecular formula is C16H31NO. The second-order valence-corrected chi connectivity index (χ2v) is 5.74. The molecule has 1 atom stereocenters. The summed E-state index contributed by atoms with van der Waals surface area (Å²) in [5, 5.41) is 3.51. The zero-order valence-electron chi connectivity index (χ0n) is 12.5. The highest BCUT2D eigenvalue weighted by Crippen LogP contribution is 2.38. The number of unbranched alkanes of at least 4 members (excludes halogenated alkanes) is 1. The normalized spacial score (nSPS) is 30.1. The van der Waals surface area contributed by atoms with Crippen LogP contribution in [-0.2, 0) is 4.74 Å². The molecule has 1 unspecified atom stereocenters. The zero-order chi connectivity index (χ0) is 13.4. The van der Waals surface area contributed by atoms with Crippen LogP contribution in [0.25, 0.3) is 0 Å². The first kappa shape index (κ1) is 15.7. The van der Waals surface area contributed by atoms with Crippen LogP contribution in [0.3, 0.4) is 0 Å². The van der Waals surface area contributed by atoms with Gasteiger partial charge in [-0.2, -0.15) is 0 Å². The van der Waals surface area contributed by atoms with Gasteiger partial charge in [0, 0.05) is 12.6 Å². The van der Waals surface area contributed by atoms with E-state index in [0.29, 0.717) is 6.04 Å². The summed E-state index contributed by atoms with van der Waals surface area (Å²) in [4.78, 5) is 0. The monoisotopic (exact) mass is 253 g/mol. The molecule has 2 heteroatoms. The molecule has 0 aromatic rings. The predicted molar refractivity (Wildman–Crippen MR) is 78.9 cm³/mol. The van der Waals surface area contributed by atoms with Gasteiger partial charge >= 0.3 is 0 Å². The molecule has 0 saturated heterocycles. The highest BCUT2D eigenvalue weighted by molar-refractivity contribution is 4.96. The number of likely N-dealkylation sites (N-methyl/N-ethyl adjacent to an activating group) is 1. The van der Waals surface area contributed by atoms with Gasteiger partial charge in [-0.25, -0.2) is 0 Å². The standard InChI is InChI=1S/C16H31NO/c1-5-7-8-9-15(17-4)16(18-6-2)12-10-14(3)11-13-16/h5,14-15,17H,1,6-13H2,2-4H3. The third-order valence-electron chi connectivity index (χ3n) is 4.44. The van der Waals surface area contributed by atoms with Crippen molar-refractivity contribution in [3.8, 4) is 0 Å². The summed E-state index contributed by atoms with van der Waals surface area (Å²) in [7, 11) is 2.08. The molecule has 1 saturated carbocycles. The molecule has 0 spiro atoms. The molecule has 18 heavy (non-hydrogen) atoms. The lowest BCUT2D eigenvalue weighted by atomic mass is 9.74. The van der Waals surface area contributed by atoms with E-state index in [1.54, 1.807) is 0 Å². The molecule has 1 fully saturated rings. The van der Waals surface area contributed by atoms with E-state index < -0.39 is 0 Å². The smallest absolute Gasteiger partial charge is 0.0834 e. The Kier molecular flexibility index (Phi) is 6.95. The van der Waals surface area contributed by atoms with Gasteiger partial charge in [-0.15, -0.1) is 6.58 Å². The molecule has 0 aliphatic heterocycles. The van der Waals surface area contributed by atoms with E-state index in [4.69, 9.17) is 4.74 Å². The lowest BCUT2D eigenvalue weighted by Crippen LogP contribution is -2.53. The second-order valence-electron chi connectivity index (χ2n) is 5.74. The van der Waals surface area contributed by atoms with Crippen LogP contribution in [0.5, 0.6) is 0 Å². The Morgan fingerprint density at radius 2 is 2.11 bits per heavy atom. The van der Waals surface area contributed by atoms with Gasteiger partial charge in [0.05, 0.1) is 5.60 Å². The summed E-state index contributed by atoms with van der Waals surface area (Å²) in [6.07, 6.45) is 10.6. The van der Waals surface area contributed by atoms with Gasteiger partial charge in [0.15, 0.2) is 0 Å².